The Kier molecular flexibility index (Phi) is 3.54. The second kappa shape index (κ2) is 5.29. The number of nitrogens with two attached hydrogens (primary N) is 1. The van der Waals surface area contributed by atoms with Gasteiger partial charge >= 0.3 is 0 Å². The van der Waals surface area contributed by atoms with Crippen molar-refractivity contribution >= 4 is 17.3 Å². The van der Waals surface area contributed by atoms with Crippen LogP contribution in [0.1, 0.15) is 16.1 Å². The molecule has 1 aromatic heterocycles. The van der Waals surface area contributed by atoms with Gasteiger partial charge in [-0.2, -0.15) is 0 Å². The number of aliphatic hydroxyl groups is 1. The van der Waals surface area contributed by atoms with Crippen molar-refractivity contribution in [3.63, 3.8) is 0 Å². The minimum Gasteiger partial charge on any atom is -0.399 e. The third-order valence-electron chi connectivity index (χ3n) is 2.41. The summed E-state index contributed by atoms with van der Waals surface area (Å²) in [4.78, 5) is 15.8. The lowest BCUT2D eigenvalue weighted by molar-refractivity contribution is 0.102. The SMILES string of the molecule is Nc1ccnc(C(=O)Nc2ccc(CO)cc2)c1. The van der Waals surface area contributed by atoms with Crippen molar-refractivity contribution in [3.8, 4) is 0 Å². The molecule has 0 saturated carbocycles. The Balaban J connectivity index is 2.11. The number of hydrogen-bond acceptors (Lipinski definition) is 4. The van der Waals surface area contributed by atoms with Crippen LogP contribution < -0.4 is 11.1 Å². The highest BCUT2D eigenvalue weighted by Gasteiger charge is 2.07. The molecule has 0 fully saturated rings. The van der Waals surface area contributed by atoms with Gasteiger partial charge in [-0.3, -0.25) is 9.78 Å². The van der Waals surface area contributed by atoms with Gasteiger partial charge in [0.15, 0.2) is 0 Å². The van der Waals surface area contributed by atoms with Crippen LogP contribution >= 0.6 is 0 Å². The van der Waals surface area contributed by atoms with Crippen molar-refractivity contribution < 1.29 is 9.90 Å². The molecule has 1 heterocycles. The number of amides is 1. The fourth-order valence-electron chi connectivity index (χ4n) is 1.46. The van der Waals surface area contributed by atoms with E-state index in [2.05, 4.69) is 10.3 Å². The van der Waals surface area contributed by atoms with E-state index in [1.165, 1.54) is 12.3 Å². The van der Waals surface area contributed by atoms with Crippen LogP contribution in [0.15, 0.2) is 42.6 Å². The van der Waals surface area contributed by atoms with E-state index in [1.807, 2.05) is 0 Å². The molecule has 0 atom stereocenters. The monoisotopic (exact) mass is 243 g/mol. The van der Waals surface area contributed by atoms with E-state index < -0.39 is 0 Å². The fourth-order valence-corrected chi connectivity index (χ4v) is 1.46. The zero-order chi connectivity index (χ0) is 13.0. The number of nitrogens with one attached hydrogen (secondary N) is 1. The Hall–Kier alpha value is -2.40. The molecule has 0 aliphatic carbocycles. The van der Waals surface area contributed by atoms with Gasteiger partial charge in [0, 0.05) is 17.6 Å². The molecular formula is C13H13N3O2. The van der Waals surface area contributed by atoms with Crippen LogP contribution in [-0.4, -0.2) is 16.0 Å². The van der Waals surface area contributed by atoms with Gasteiger partial charge in [-0.1, -0.05) is 12.1 Å². The number of anilines is 2. The maximum atomic E-state index is 11.8. The summed E-state index contributed by atoms with van der Waals surface area (Å²) in [6.45, 7) is -0.0228. The quantitative estimate of drug-likeness (QED) is 0.760. The number of nitrogens with zero attached hydrogens (tertiary/aromatic N) is 1. The van der Waals surface area contributed by atoms with Crippen LogP contribution in [-0.2, 0) is 6.61 Å². The smallest absolute Gasteiger partial charge is 0.274 e. The average Bonchev–Trinajstić information content (AvgIpc) is 2.39. The third-order valence-corrected chi connectivity index (χ3v) is 2.41. The van der Waals surface area contributed by atoms with Crippen LogP contribution in [0.25, 0.3) is 0 Å². The molecule has 0 radical (unpaired) electrons. The molecule has 0 spiro atoms. The number of benzene rings is 1. The first-order valence-corrected chi connectivity index (χ1v) is 5.42. The predicted octanol–water partition coefficient (Wildman–Crippen LogP) is 1.41. The Morgan fingerprint density at radius 1 is 1.28 bits per heavy atom. The van der Waals surface area contributed by atoms with Crippen molar-refractivity contribution in [3.05, 3.63) is 53.9 Å². The normalized spacial score (nSPS) is 10.1. The first-order chi connectivity index (χ1) is 8.69. The number of carbonyl (C=O) groups excluding carboxylic acids is 1. The van der Waals surface area contributed by atoms with Gasteiger partial charge < -0.3 is 16.2 Å². The lowest BCUT2D eigenvalue weighted by Gasteiger charge is -2.05. The summed E-state index contributed by atoms with van der Waals surface area (Å²) in [5.74, 6) is -0.320. The Bertz CT molecular complexity index is 552. The van der Waals surface area contributed by atoms with Gasteiger partial charge in [-0.05, 0) is 29.8 Å². The highest BCUT2D eigenvalue weighted by atomic mass is 16.3. The minimum atomic E-state index is -0.320. The third kappa shape index (κ3) is 2.83. The van der Waals surface area contributed by atoms with Crippen molar-refractivity contribution in [2.24, 2.45) is 0 Å². The first kappa shape index (κ1) is 12.1. The molecule has 5 nitrogen and oxygen atoms in total. The van der Waals surface area contributed by atoms with E-state index in [0.717, 1.165) is 5.56 Å². The molecule has 1 aromatic carbocycles. The van der Waals surface area contributed by atoms with Gasteiger partial charge in [-0.25, -0.2) is 0 Å². The maximum absolute atomic E-state index is 11.8. The summed E-state index contributed by atoms with van der Waals surface area (Å²) in [6, 6.07) is 10.0. The lowest BCUT2D eigenvalue weighted by Crippen LogP contribution is -2.13. The van der Waals surface area contributed by atoms with Crippen molar-refractivity contribution in [1.29, 1.82) is 0 Å². The lowest BCUT2D eigenvalue weighted by atomic mass is 10.2. The molecule has 0 aliphatic rings. The van der Waals surface area contributed by atoms with Crippen LogP contribution in [0.5, 0.6) is 0 Å². The summed E-state index contributed by atoms with van der Waals surface area (Å²) >= 11 is 0. The average molecular weight is 243 g/mol. The second-order valence-electron chi connectivity index (χ2n) is 3.78. The Labute approximate surface area is 104 Å². The molecule has 2 rings (SSSR count). The van der Waals surface area contributed by atoms with Crippen LogP contribution in [0.2, 0.25) is 0 Å². The molecule has 92 valence electrons. The zero-order valence-electron chi connectivity index (χ0n) is 9.63. The topological polar surface area (TPSA) is 88.2 Å². The van der Waals surface area contributed by atoms with Crippen molar-refractivity contribution in [2.75, 3.05) is 11.1 Å². The number of hydrogen-bond donors (Lipinski definition) is 3. The van der Waals surface area contributed by atoms with E-state index in [-0.39, 0.29) is 18.2 Å². The molecule has 0 saturated heterocycles. The molecule has 4 N–H and O–H groups in total. The van der Waals surface area contributed by atoms with Gasteiger partial charge in [-0.15, -0.1) is 0 Å². The van der Waals surface area contributed by atoms with E-state index in [9.17, 15) is 4.79 Å². The number of carbonyl (C=O) groups is 1. The summed E-state index contributed by atoms with van der Waals surface area (Å²) in [5.41, 5.74) is 7.76. The van der Waals surface area contributed by atoms with Crippen LogP contribution in [0, 0.1) is 0 Å². The molecule has 0 unspecified atom stereocenters. The van der Waals surface area contributed by atoms with E-state index in [1.54, 1.807) is 30.3 Å². The number of aliphatic hydroxyl groups excluding tert-OH is 1. The molecule has 5 heteroatoms. The van der Waals surface area contributed by atoms with Gasteiger partial charge in [0.25, 0.3) is 5.91 Å². The summed E-state index contributed by atoms with van der Waals surface area (Å²) in [5, 5.41) is 11.6. The van der Waals surface area contributed by atoms with Crippen LogP contribution in [0.3, 0.4) is 0 Å². The summed E-state index contributed by atoms with van der Waals surface area (Å²) in [7, 11) is 0. The van der Waals surface area contributed by atoms with Gasteiger partial charge in [0.05, 0.1) is 6.61 Å². The van der Waals surface area contributed by atoms with Crippen molar-refractivity contribution in [2.45, 2.75) is 6.61 Å². The zero-order valence-corrected chi connectivity index (χ0v) is 9.63. The number of rotatable bonds is 3. The van der Waals surface area contributed by atoms with E-state index in [0.29, 0.717) is 11.4 Å². The summed E-state index contributed by atoms with van der Waals surface area (Å²) < 4.78 is 0. The number of aromatic nitrogens is 1. The van der Waals surface area contributed by atoms with E-state index in [4.69, 9.17) is 10.8 Å². The molecule has 1 amide bonds. The van der Waals surface area contributed by atoms with Crippen LogP contribution in [0.4, 0.5) is 11.4 Å². The Morgan fingerprint density at radius 3 is 2.61 bits per heavy atom. The standard InChI is InChI=1S/C13H13N3O2/c14-10-5-6-15-12(7-10)13(18)16-11-3-1-9(8-17)2-4-11/h1-7,17H,8H2,(H2,14,15)(H,16,18). The number of pyridine rings is 1. The van der Waals surface area contributed by atoms with Gasteiger partial charge in [0.2, 0.25) is 0 Å². The fraction of sp³-hybridized carbons (Fsp3) is 0.0769. The Morgan fingerprint density at radius 2 is 2.00 bits per heavy atom. The highest BCUT2D eigenvalue weighted by molar-refractivity contribution is 6.03. The molecule has 18 heavy (non-hydrogen) atoms. The minimum absolute atomic E-state index is 0.0228. The molecule has 0 aliphatic heterocycles. The van der Waals surface area contributed by atoms with E-state index >= 15 is 0 Å². The molecular weight excluding hydrogens is 230 g/mol. The maximum Gasteiger partial charge on any atom is 0.274 e. The predicted molar refractivity (Wildman–Crippen MR) is 69.0 cm³/mol. The second-order valence-corrected chi connectivity index (χ2v) is 3.78. The largest absolute Gasteiger partial charge is 0.399 e. The van der Waals surface area contributed by atoms with Crippen molar-refractivity contribution in [1.82, 2.24) is 4.98 Å². The summed E-state index contributed by atoms with van der Waals surface area (Å²) in [6.07, 6.45) is 1.49. The number of nitrogen functional groups attached to an aromatic ring is 1. The molecule has 2 aromatic rings. The first-order valence-electron chi connectivity index (χ1n) is 5.42. The highest BCUT2D eigenvalue weighted by Crippen LogP contribution is 2.11. The van der Waals surface area contributed by atoms with Gasteiger partial charge in [0.1, 0.15) is 5.69 Å². The molecule has 0 bridgehead atoms.